The van der Waals surface area contributed by atoms with Gasteiger partial charge in [-0.1, -0.05) is 43.3 Å². The third kappa shape index (κ3) is 7.55. The van der Waals surface area contributed by atoms with Gasteiger partial charge in [-0.15, -0.1) is 0 Å². The predicted octanol–water partition coefficient (Wildman–Crippen LogP) is 2.35. The average Bonchev–Trinajstić information content (AvgIpc) is 2.80. The maximum atomic E-state index is 13.3. The van der Waals surface area contributed by atoms with Crippen LogP contribution in [0.5, 0.6) is 0 Å². The van der Waals surface area contributed by atoms with E-state index in [9.17, 15) is 28.1 Å². The Labute approximate surface area is 199 Å². The van der Waals surface area contributed by atoms with Gasteiger partial charge in [0.2, 0.25) is 21.8 Å². The summed E-state index contributed by atoms with van der Waals surface area (Å²) in [7, 11) is -3.95. The smallest absolute Gasteiger partial charge is 0.271 e. The number of hydrogen-bond acceptors (Lipinski definition) is 6. The van der Waals surface area contributed by atoms with Crippen LogP contribution in [0.1, 0.15) is 25.8 Å². The molecule has 0 saturated heterocycles. The van der Waals surface area contributed by atoms with Crippen LogP contribution < -0.4 is 9.62 Å². The first-order chi connectivity index (χ1) is 16.0. The second kappa shape index (κ2) is 12.1. The van der Waals surface area contributed by atoms with Crippen molar-refractivity contribution in [3.8, 4) is 0 Å². The third-order valence-corrected chi connectivity index (χ3v) is 6.35. The molecule has 0 fully saturated rings. The fourth-order valence-corrected chi connectivity index (χ4v) is 4.18. The lowest BCUT2D eigenvalue weighted by Gasteiger charge is -2.31. The lowest BCUT2D eigenvalue weighted by Crippen LogP contribution is -2.52. The molecule has 1 atom stereocenters. The molecule has 34 heavy (non-hydrogen) atoms. The van der Waals surface area contributed by atoms with E-state index in [1.54, 1.807) is 6.92 Å². The van der Waals surface area contributed by atoms with Gasteiger partial charge in [0.15, 0.2) is 0 Å². The summed E-state index contributed by atoms with van der Waals surface area (Å²) < 4.78 is 25.8. The molecule has 2 rings (SSSR count). The number of nitro groups is 1. The second-order valence-electron chi connectivity index (χ2n) is 7.84. The van der Waals surface area contributed by atoms with E-state index in [4.69, 9.17) is 0 Å². The van der Waals surface area contributed by atoms with Crippen LogP contribution in [0.15, 0.2) is 54.6 Å². The lowest BCUT2D eigenvalue weighted by molar-refractivity contribution is -0.384. The number of nitrogens with one attached hydrogen (secondary N) is 1. The van der Waals surface area contributed by atoms with E-state index < -0.39 is 33.4 Å². The first-order valence-corrected chi connectivity index (χ1v) is 12.7. The summed E-state index contributed by atoms with van der Waals surface area (Å²) in [6.45, 7) is 3.54. The van der Waals surface area contributed by atoms with Crippen molar-refractivity contribution >= 4 is 33.2 Å². The van der Waals surface area contributed by atoms with Crippen molar-refractivity contribution in [3.05, 3.63) is 70.3 Å². The van der Waals surface area contributed by atoms with Gasteiger partial charge in [-0.3, -0.25) is 24.0 Å². The molecule has 0 aliphatic heterocycles. The van der Waals surface area contributed by atoms with E-state index in [0.29, 0.717) is 13.0 Å². The fourth-order valence-electron chi connectivity index (χ4n) is 3.34. The SMILES string of the molecule is CCCNC(=O)[C@@H](C)N(CCc1ccccc1)C(=O)CN(c1cccc([N+](=O)[O-])c1)S(C)(=O)=O. The minimum atomic E-state index is -3.95. The van der Waals surface area contributed by atoms with E-state index in [1.165, 1.54) is 23.1 Å². The zero-order chi connectivity index (χ0) is 25.3. The van der Waals surface area contributed by atoms with Crippen molar-refractivity contribution in [3.63, 3.8) is 0 Å². The molecule has 2 aromatic rings. The first-order valence-electron chi connectivity index (χ1n) is 10.9. The summed E-state index contributed by atoms with van der Waals surface area (Å²) in [6.07, 6.45) is 2.11. The number of non-ortho nitro benzene ring substituents is 1. The van der Waals surface area contributed by atoms with Crippen LogP contribution in [0.3, 0.4) is 0 Å². The Morgan fingerprint density at radius 2 is 1.79 bits per heavy atom. The standard InChI is InChI=1S/C23H30N4O6S/c1-4-14-24-23(29)18(2)25(15-13-19-9-6-5-7-10-19)22(28)17-26(34(3,32)33)20-11-8-12-21(16-20)27(30)31/h5-12,16,18H,4,13-15,17H2,1-3H3,(H,24,29)/t18-/m1/s1. The molecule has 0 aromatic heterocycles. The Balaban J connectivity index is 2.33. The summed E-state index contributed by atoms with van der Waals surface area (Å²) in [4.78, 5) is 37.8. The normalized spacial score (nSPS) is 12.0. The third-order valence-electron chi connectivity index (χ3n) is 5.21. The molecule has 0 heterocycles. The van der Waals surface area contributed by atoms with Crippen molar-refractivity contribution in [1.82, 2.24) is 10.2 Å². The number of nitro benzene ring substituents is 1. The maximum Gasteiger partial charge on any atom is 0.271 e. The van der Waals surface area contributed by atoms with Crippen molar-refractivity contribution in [2.24, 2.45) is 0 Å². The topological polar surface area (TPSA) is 130 Å². The molecule has 1 N–H and O–H groups in total. The molecule has 0 aliphatic rings. The molecule has 2 amide bonds. The highest BCUT2D eigenvalue weighted by Gasteiger charge is 2.30. The Morgan fingerprint density at radius 3 is 2.38 bits per heavy atom. The average molecular weight is 491 g/mol. The van der Waals surface area contributed by atoms with E-state index in [0.717, 1.165) is 28.6 Å². The van der Waals surface area contributed by atoms with Crippen LogP contribution in [0.2, 0.25) is 0 Å². The predicted molar refractivity (Wildman–Crippen MR) is 130 cm³/mol. The van der Waals surface area contributed by atoms with Gasteiger partial charge in [0.05, 0.1) is 16.9 Å². The second-order valence-corrected chi connectivity index (χ2v) is 9.74. The van der Waals surface area contributed by atoms with Gasteiger partial charge in [-0.05, 0) is 31.4 Å². The van der Waals surface area contributed by atoms with Crippen molar-refractivity contribution in [1.29, 1.82) is 0 Å². The molecule has 184 valence electrons. The Kier molecular flexibility index (Phi) is 9.55. The molecule has 0 bridgehead atoms. The minimum Gasteiger partial charge on any atom is -0.354 e. The van der Waals surface area contributed by atoms with Crippen molar-refractivity contribution in [2.45, 2.75) is 32.7 Å². The van der Waals surface area contributed by atoms with E-state index in [2.05, 4.69) is 5.32 Å². The van der Waals surface area contributed by atoms with Crippen molar-refractivity contribution in [2.75, 3.05) is 30.2 Å². The number of anilines is 1. The number of rotatable bonds is 12. The summed E-state index contributed by atoms with van der Waals surface area (Å²) in [5, 5.41) is 13.9. The highest BCUT2D eigenvalue weighted by atomic mass is 32.2. The van der Waals surface area contributed by atoms with Gasteiger partial charge in [0, 0.05) is 25.2 Å². The monoisotopic (exact) mass is 490 g/mol. The highest BCUT2D eigenvalue weighted by Crippen LogP contribution is 2.23. The maximum absolute atomic E-state index is 13.3. The zero-order valence-corrected chi connectivity index (χ0v) is 20.3. The van der Waals surface area contributed by atoms with E-state index >= 15 is 0 Å². The molecule has 2 aromatic carbocycles. The summed E-state index contributed by atoms with van der Waals surface area (Å²) in [5.74, 6) is -0.934. The molecule has 0 saturated carbocycles. The van der Waals surface area contributed by atoms with Gasteiger partial charge in [0.25, 0.3) is 5.69 Å². The van der Waals surface area contributed by atoms with E-state index in [1.807, 2.05) is 37.3 Å². The molecular formula is C23H30N4O6S. The largest absolute Gasteiger partial charge is 0.354 e. The Morgan fingerprint density at radius 1 is 1.12 bits per heavy atom. The number of hydrogen-bond donors (Lipinski definition) is 1. The summed E-state index contributed by atoms with van der Waals surface area (Å²) in [5.41, 5.74) is 0.656. The van der Waals surface area contributed by atoms with Gasteiger partial charge in [0.1, 0.15) is 12.6 Å². The molecule has 10 nitrogen and oxygen atoms in total. The molecule has 0 unspecified atom stereocenters. The van der Waals surface area contributed by atoms with Crippen molar-refractivity contribution < 1.29 is 22.9 Å². The van der Waals surface area contributed by atoms with Crippen LogP contribution in [0.4, 0.5) is 11.4 Å². The number of amides is 2. The number of carbonyl (C=O) groups excluding carboxylic acids is 2. The van der Waals surface area contributed by atoms with E-state index in [-0.39, 0.29) is 23.8 Å². The molecule has 11 heteroatoms. The van der Waals surface area contributed by atoms with Crippen LogP contribution >= 0.6 is 0 Å². The fraction of sp³-hybridized carbons (Fsp3) is 0.391. The zero-order valence-electron chi connectivity index (χ0n) is 19.5. The van der Waals surface area contributed by atoms with Gasteiger partial charge in [-0.25, -0.2) is 8.42 Å². The molecule has 0 radical (unpaired) electrons. The summed E-state index contributed by atoms with van der Waals surface area (Å²) >= 11 is 0. The summed E-state index contributed by atoms with van der Waals surface area (Å²) in [6, 6.07) is 13.6. The number of carbonyl (C=O) groups is 2. The van der Waals surface area contributed by atoms with Crippen LogP contribution in [0, 0.1) is 10.1 Å². The Hall–Kier alpha value is -3.47. The highest BCUT2D eigenvalue weighted by molar-refractivity contribution is 7.92. The molecule has 0 aliphatic carbocycles. The minimum absolute atomic E-state index is 0.00357. The number of nitrogens with zero attached hydrogens (tertiary/aromatic N) is 3. The van der Waals surface area contributed by atoms with Gasteiger partial charge >= 0.3 is 0 Å². The van der Waals surface area contributed by atoms with Crippen LogP contribution in [0.25, 0.3) is 0 Å². The van der Waals surface area contributed by atoms with Gasteiger partial charge in [-0.2, -0.15) is 0 Å². The lowest BCUT2D eigenvalue weighted by atomic mass is 10.1. The van der Waals surface area contributed by atoms with Gasteiger partial charge < -0.3 is 10.2 Å². The number of sulfonamides is 1. The number of benzene rings is 2. The van der Waals surface area contributed by atoms with Crippen LogP contribution in [-0.2, 0) is 26.0 Å². The van der Waals surface area contributed by atoms with Crippen LogP contribution in [-0.4, -0.2) is 62.0 Å². The molecule has 0 spiro atoms. The Bertz CT molecular complexity index is 1110. The molecular weight excluding hydrogens is 460 g/mol. The first kappa shape index (κ1) is 26.8. The quantitative estimate of drug-likeness (QED) is 0.359.